The van der Waals surface area contributed by atoms with Crippen LogP contribution in [-0.2, 0) is 0 Å². The van der Waals surface area contributed by atoms with Gasteiger partial charge in [0, 0.05) is 24.5 Å². The van der Waals surface area contributed by atoms with Crippen LogP contribution in [0.25, 0.3) is 0 Å². The number of hydrogen-bond acceptors (Lipinski definition) is 5. The molecule has 1 aliphatic rings. The molecule has 0 aliphatic heterocycles. The highest BCUT2D eigenvalue weighted by Gasteiger charge is 2.24. The van der Waals surface area contributed by atoms with Crippen LogP contribution in [0.15, 0.2) is 12.4 Å². The Morgan fingerprint density at radius 2 is 2.20 bits per heavy atom. The normalized spacial score (nSPS) is 24.8. The van der Waals surface area contributed by atoms with Gasteiger partial charge >= 0.3 is 0 Å². The van der Waals surface area contributed by atoms with E-state index in [1.807, 2.05) is 6.07 Å². The lowest BCUT2D eigenvalue weighted by Crippen LogP contribution is -2.35. The molecule has 5 heteroatoms. The van der Waals surface area contributed by atoms with E-state index in [1.165, 1.54) is 6.20 Å². The summed E-state index contributed by atoms with van der Waals surface area (Å²) in [5.74, 6) is 0.544. The Bertz CT molecular complexity index is 384. The standard InChI is InChI=1S/C10H13N5/c11-6-9-10(14-5-4-13-9)15-8-3-1-2-7(8)12/h4-5,7-8H,1-3,12H2,(H,14,15). The fraction of sp³-hybridized carbons (Fsp3) is 0.500. The highest BCUT2D eigenvalue weighted by atomic mass is 15.1. The minimum Gasteiger partial charge on any atom is -0.363 e. The maximum atomic E-state index is 8.83. The summed E-state index contributed by atoms with van der Waals surface area (Å²) in [6.07, 6.45) is 6.27. The van der Waals surface area contributed by atoms with Crippen molar-refractivity contribution in [2.24, 2.45) is 5.73 Å². The molecule has 2 rings (SSSR count). The van der Waals surface area contributed by atoms with Crippen LogP contribution in [0.1, 0.15) is 25.0 Å². The molecule has 15 heavy (non-hydrogen) atoms. The molecule has 0 amide bonds. The van der Waals surface area contributed by atoms with Gasteiger partial charge in [0.1, 0.15) is 6.07 Å². The molecule has 0 radical (unpaired) electrons. The Labute approximate surface area is 88.3 Å². The molecular weight excluding hydrogens is 190 g/mol. The fourth-order valence-electron chi connectivity index (χ4n) is 1.87. The van der Waals surface area contributed by atoms with Gasteiger partial charge in [-0.15, -0.1) is 0 Å². The summed E-state index contributed by atoms with van der Waals surface area (Å²) in [5, 5.41) is 12.0. The second-order valence-electron chi connectivity index (χ2n) is 3.71. The zero-order valence-corrected chi connectivity index (χ0v) is 8.35. The molecule has 78 valence electrons. The minimum atomic E-state index is 0.151. The maximum absolute atomic E-state index is 8.83. The molecule has 0 saturated heterocycles. The lowest BCUT2D eigenvalue weighted by molar-refractivity contribution is 0.635. The molecule has 1 aromatic heterocycles. The molecule has 2 unspecified atom stereocenters. The van der Waals surface area contributed by atoms with Crippen LogP contribution in [0.5, 0.6) is 0 Å². The Balaban J connectivity index is 2.14. The van der Waals surface area contributed by atoms with Crippen molar-refractivity contribution in [2.75, 3.05) is 5.32 Å². The first kappa shape index (κ1) is 9.87. The monoisotopic (exact) mass is 203 g/mol. The number of hydrogen-bond donors (Lipinski definition) is 2. The molecule has 0 bridgehead atoms. The first-order valence-electron chi connectivity index (χ1n) is 5.04. The van der Waals surface area contributed by atoms with Crippen LogP contribution in [0.4, 0.5) is 5.82 Å². The molecular formula is C10H13N5. The molecule has 5 nitrogen and oxygen atoms in total. The van der Waals surface area contributed by atoms with Crippen molar-refractivity contribution < 1.29 is 0 Å². The number of rotatable bonds is 2. The van der Waals surface area contributed by atoms with Gasteiger partial charge in [0.15, 0.2) is 11.5 Å². The summed E-state index contributed by atoms with van der Waals surface area (Å²) in [4.78, 5) is 8.03. The largest absolute Gasteiger partial charge is 0.363 e. The van der Waals surface area contributed by atoms with Crippen molar-refractivity contribution >= 4 is 5.82 Å². The van der Waals surface area contributed by atoms with Gasteiger partial charge in [0.05, 0.1) is 0 Å². The van der Waals surface area contributed by atoms with Gasteiger partial charge in [-0.3, -0.25) is 0 Å². The van der Waals surface area contributed by atoms with E-state index in [4.69, 9.17) is 11.0 Å². The van der Waals surface area contributed by atoms with Crippen molar-refractivity contribution in [1.82, 2.24) is 9.97 Å². The molecule has 2 atom stereocenters. The van der Waals surface area contributed by atoms with E-state index < -0.39 is 0 Å². The molecule has 0 spiro atoms. The third-order valence-corrected chi connectivity index (χ3v) is 2.70. The van der Waals surface area contributed by atoms with E-state index in [2.05, 4.69) is 15.3 Å². The lowest BCUT2D eigenvalue weighted by Gasteiger charge is -2.17. The van der Waals surface area contributed by atoms with Gasteiger partial charge in [-0.25, -0.2) is 9.97 Å². The molecule has 1 saturated carbocycles. The van der Waals surface area contributed by atoms with Crippen molar-refractivity contribution in [1.29, 1.82) is 5.26 Å². The third-order valence-electron chi connectivity index (χ3n) is 2.70. The Morgan fingerprint density at radius 3 is 2.87 bits per heavy atom. The first-order chi connectivity index (χ1) is 7.31. The second-order valence-corrected chi connectivity index (χ2v) is 3.71. The lowest BCUT2D eigenvalue weighted by atomic mass is 10.2. The van der Waals surface area contributed by atoms with Crippen molar-refractivity contribution in [2.45, 2.75) is 31.3 Å². The van der Waals surface area contributed by atoms with E-state index in [0.29, 0.717) is 11.5 Å². The second kappa shape index (κ2) is 4.24. The van der Waals surface area contributed by atoms with Gasteiger partial charge in [-0.2, -0.15) is 5.26 Å². The Morgan fingerprint density at radius 1 is 1.40 bits per heavy atom. The van der Waals surface area contributed by atoms with Gasteiger partial charge in [-0.1, -0.05) is 0 Å². The highest BCUT2D eigenvalue weighted by molar-refractivity contribution is 5.47. The van der Waals surface area contributed by atoms with Crippen LogP contribution >= 0.6 is 0 Å². The van der Waals surface area contributed by atoms with Crippen LogP contribution in [0, 0.1) is 11.3 Å². The molecule has 1 heterocycles. The SMILES string of the molecule is N#Cc1nccnc1NC1CCCC1N. The number of nitrogens with two attached hydrogens (primary N) is 1. The van der Waals surface area contributed by atoms with Crippen LogP contribution in [0.2, 0.25) is 0 Å². The predicted molar refractivity (Wildman–Crippen MR) is 56.0 cm³/mol. The zero-order chi connectivity index (χ0) is 10.7. The average molecular weight is 203 g/mol. The van der Waals surface area contributed by atoms with Crippen molar-refractivity contribution in [3.05, 3.63) is 18.1 Å². The van der Waals surface area contributed by atoms with E-state index in [9.17, 15) is 0 Å². The smallest absolute Gasteiger partial charge is 0.182 e. The maximum Gasteiger partial charge on any atom is 0.182 e. The van der Waals surface area contributed by atoms with Crippen LogP contribution in [0.3, 0.4) is 0 Å². The van der Waals surface area contributed by atoms with Crippen molar-refractivity contribution in [3.63, 3.8) is 0 Å². The summed E-state index contributed by atoms with van der Waals surface area (Å²) in [5.41, 5.74) is 6.25. The topological polar surface area (TPSA) is 87.6 Å². The molecule has 3 N–H and O–H groups in total. The third kappa shape index (κ3) is 2.05. The van der Waals surface area contributed by atoms with E-state index in [1.54, 1.807) is 6.20 Å². The average Bonchev–Trinajstić information content (AvgIpc) is 2.65. The highest BCUT2D eigenvalue weighted by Crippen LogP contribution is 2.21. The van der Waals surface area contributed by atoms with E-state index in [0.717, 1.165) is 19.3 Å². The van der Waals surface area contributed by atoms with Gasteiger partial charge in [0.2, 0.25) is 0 Å². The number of nitrogens with zero attached hydrogens (tertiary/aromatic N) is 3. The molecule has 1 fully saturated rings. The number of nitrogens with one attached hydrogen (secondary N) is 1. The first-order valence-corrected chi connectivity index (χ1v) is 5.04. The predicted octanol–water partition coefficient (Wildman–Crippen LogP) is 0.640. The van der Waals surface area contributed by atoms with Crippen molar-refractivity contribution in [3.8, 4) is 6.07 Å². The van der Waals surface area contributed by atoms with Gasteiger partial charge in [0.25, 0.3) is 0 Å². The van der Waals surface area contributed by atoms with Crippen LogP contribution < -0.4 is 11.1 Å². The summed E-state index contributed by atoms with van der Waals surface area (Å²) < 4.78 is 0. The molecule has 0 aromatic carbocycles. The summed E-state index contributed by atoms with van der Waals surface area (Å²) in [7, 11) is 0. The summed E-state index contributed by atoms with van der Waals surface area (Å²) in [6.45, 7) is 0. The zero-order valence-electron chi connectivity index (χ0n) is 8.35. The van der Waals surface area contributed by atoms with E-state index in [-0.39, 0.29) is 12.1 Å². The minimum absolute atomic E-state index is 0.151. The molecule has 1 aliphatic carbocycles. The van der Waals surface area contributed by atoms with Gasteiger partial charge < -0.3 is 11.1 Å². The fourth-order valence-corrected chi connectivity index (χ4v) is 1.87. The van der Waals surface area contributed by atoms with Gasteiger partial charge in [-0.05, 0) is 19.3 Å². The number of nitriles is 1. The van der Waals surface area contributed by atoms with Crippen LogP contribution in [-0.4, -0.2) is 22.1 Å². The Hall–Kier alpha value is -1.67. The molecule has 1 aromatic rings. The number of aromatic nitrogens is 2. The quantitative estimate of drug-likeness (QED) is 0.736. The number of anilines is 1. The summed E-state index contributed by atoms with van der Waals surface area (Å²) >= 11 is 0. The summed E-state index contributed by atoms with van der Waals surface area (Å²) in [6, 6.07) is 2.38. The Kier molecular flexibility index (Phi) is 2.79. The van der Waals surface area contributed by atoms with E-state index >= 15 is 0 Å².